The van der Waals surface area contributed by atoms with E-state index >= 15 is 0 Å². The van der Waals surface area contributed by atoms with Crippen molar-refractivity contribution in [3.05, 3.63) is 0 Å². The van der Waals surface area contributed by atoms with Crippen molar-refractivity contribution in [2.45, 2.75) is 89.9 Å². The Kier molecular flexibility index (Phi) is 8.64. The first-order valence-corrected chi connectivity index (χ1v) is 7.91. The number of hydrogen-bond donors (Lipinski definition) is 2. The number of nitrogens with one attached hydrogen (secondary N) is 1. The average Bonchev–Trinajstić information content (AvgIpc) is 2.38. The van der Waals surface area contributed by atoms with E-state index in [2.05, 4.69) is 19.2 Å². The normalized spacial score (nSPS) is 24.8. The second-order valence-corrected chi connectivity index (χ2v) is 5.61. The summed E-state index contributed by atoms with van der Waals surface area (Å²) in [7, 11) is 0. The van der Waals surface area contributed by atoms with Crippen LogP contribution in [0, 0.1) is 0 Å². The van der Waals surface area contributed by atoms with Crippen LogP contribution in [0.15, 0.2) is 0 Å². The van der Waals surface area contributed by atoms with E-state index in [1.807, 2.05) is 0 Å². The zero-order chi connectivity index (χ0) is 13.2. The molecule has 0 aromatic rings. The number of ether oxygens (including phenoxy) is 1. The molecule has 0 aromatic heterocycles. The van der Waals surface area contributed by atoms with Gasteiger partial charge in [0.1, 0.15) is 6.23 Å². The molecule has 1 rings (SSSR count). The van der Waals surface area contributed by atoms with Gasteiger partial charge in [0.05, 0.1) is 12.6 Å². The summed E-state index contributed by atoms with van der Waals surface area (Å²) in [6, 6.07) is 1.04. The maximum atomic E-state index is 5.82. The van der Waals surface area contributed by atoms with Crippen LogP contribution >= 0.6 is 0 Å². The number of rotatable bonds is 11. The fourth-order valence-corrected chi connectivity index (χ4v) is 2.52. The molecule has 3 N–H and O–H groups in total. The topological polar surface area (TPSA) is 47.3 Å². The van der Waals surface area contributed by atoms with Gasteiger partial charge in [-0.25, -0.2) is 0 Å². The molecule has 18 heavy (non-hydrogen) atoms. The van der Waals surface area contributed by atoms with Gasteiger partial charge in [0, 0.05) is 6.04 Å². The third kappa shape index (κ3) is 6.17. The second-order valence-electron chi connectivity index (χ2n) is 5.61. The maximum absolute atomic E-state index is 5.82. The minimum Gasteiger partial charge on any atom is -0.360 e. The Morgan fingerprint density at radius 3 is 2.17 bits per heavy atom. The summed E-state index contributed by atoms with van der Waals surface area (Å²) >= 11 is 0. The lowest BCUT2D eigenvalue weighted by Crippen LogP contribution is -2.60. The lowest BCUT2D eigenvalue weighted by molar-refractivity contribution is -0.0868. The average molecular weight is 256 g/mol. The molecule has 0 aromatic carbocycles. The number of unbranched alkanes of at least 4 members (excludes halogenated alkanes) is 5. The summed E-state index contributed by atoms with van der Waals surface area (Å²) in [5, 5.41) is 3.69. The molecule has 1 heterocycles. The van der Waals surface area contributed by atoms with Gasteiger partial charge in [-0.05, 0) is 12.8 Å². The molecule has 0 aliphatic carbocycles. The van der Waals surface area contributed by atoms with Crippen molar-refractivity contribution < 1.29 is 4.74 Å². The van der Waals surface area contributed by atoms with Gasteiger partial charge in [-0.3, -0.25) is 0 Å². The molecule has 0 radical (unpaired) electrons. The monoisotopic (exact) mass is 256 g/mol. The second kappa shape index (κ2) is 9.76. The summed E-state index contributed by atoms with van der Waals surface area (Å²) in [6.07, 6.45) is 11.9. The van der Waals surface area contributed by atoms with Crippen molar-refractivity contribution in [2.75, 3.05) is 6.61 Å². The molecule has 1 fully saturated rings. The summed E-state index contributed by atoms with van der Waals surface area (Å²) in [5.74, 6) is 0. The summed E-state index contributed by atoms with van der Waals surface area (Å²) in [5.41, 5.74) is 5.82. The molecule has 1 saturated heterocycles. The third-order valence-corrected chi connectivity index (χ3v) is 3.88. The van der Waals surface area contributed by atoms with Crippen LogP contribution in [-0.2, 0) is 4.74 Å². The molecule has 0 amide bonds. The van der Waals surface area contributed by atoms with E-state index in [0.717, 1.165) is 6.61 Å². The molecular formula is C15H32N2O. The van der Waals surface area contributed by atoms with Crippen LogP contribution in [0.3, 0.4) is 0 Å². The largest absolute Gasteiger partial charge is 0.360 e. The highest BCUT2D eigenvalue weighted by Crippen LogP contribution is 2.15. The number of hydrogen-bond acceptors (Lipinski definition) is 3. The molecule has 0 bridgehead atoms. The van der Waals surface area contributed by atoms with Crippen LogP contribution in [0.1, 0.15) is 71.6 Å². The third-order valence-electron chi connectivity index (χ3n) is 3.88. The van der Waals surface area contributed by atoms with E-state index in [0.29, 0.717) is 12.1 Å². The zero-order valence-electron chi connectivity index (χ0n) is 12.3. The van der Waals surface area contributed by atoms with Gasteiger partial charge >= 0.3 is 0 Å². The predicted octanol–water partition coefficient (Wildman–Crippen LogP) is 3.18. The lowest BCUT2D eigenvalue weighted by Gasteiger charge is -2.37. The van der Waals surface area contributed by atoms with Crippen molar-refractivity contribution in [1.82, 2.24) is 5.32 Å². The van der Waals surface area contributed by atoms with Crippen molar-refractivity contribution in [3.63, 3.8) is 0 Å². The minimum atomic E-state index is -0.0747. The Morgan fingerprint density at radius 2 is 1.67 bits per heavy atom. The quantitative estimate of drug-likeness (QED) is 0.558. The van der Waals surface area contributed by atoms with Crippen molar-refractivity contribution in [2.24, 2.45) is 5.73 Å². The molecule has 3 nitrogen and oxygen atoms in total. The van der Waals surface area contributed by atoms with Crippen LogP contribution in [-0.4, -0.2) is 24.9 Å². The first kappa shape index (κ1) is 15.9. The van der Waals surface area contributed by atoms with Crippen molar-refractivity contribution in [3.8, 4) is 0 Å². The molecule has 3 atom stereocenters. The van der Waals surface area contributed by atoms with Crippen LogP contribution in [0.4, 0.5) is 0 Å². The molecule has 0 spiro atoms. The molecule has 3 heteroatoms. The predicted molar refractivity (Wildman–Crippen MR) is 77.5 cm³/mol. The fourth-order valence-electron chi connectivity index (χ4n) is 2.52. The summed E-state index contributed by atoms with van der Waals surface area (Å²) in [6.45, 7) is 5.32. The SMILES string of the molecule is CCCCCCC(CCCCC)NC1COC1N. The Morgan fingerprint density at radius 1 is 1.06 bits per heavy atom. The van der Waals surface area contributed by atoms with Crippen LogP contribution in [0.25, 0.3) is 0 Å². The Labute approximate surface area is 113 Å². The molecule has 1 aliphatic rings. The van der Waals surface area contributed by atoms with E-state index in [-0.39, 0.29) is 6.23 Å². The standard InChI is InChI=1S/C15H32N2O/c1-3-5-7-9-11-13(10-8-6-4-2)17-14-12-18-15(14)16/h13-15,17H,3-12,16H2,1-2H3. The molecule has 0 saturated carbocycles. The Bertz CT molecular complexity index is 199. The van der Waals surface area contributed by atoms with Gasteiger partial charge in [0.15, 0.2) is 0 Å². The summed E-state index contributed by atoms with van der Waals surface area (Å²) < 4.78 is 5.23. The molecule has 108 valence electrons. The van der Waals surface area contributed by atoms with Gasteiger partial charge in [0.2, 0.25) is 0 Å². The highest BCUT2D eigenvalue weighted by molar-refractivity contribution is 4.84. The summed E-state index contributed by atoms with van der Waals surface area (Å²) in [4.78, 5) is 0. The van der Waals surface area contributed by atoms with Crippen molar-refractivity contribution >= 4 is 0 Å². The molecule has 3 unspecified atom stereocenters. The minimum absolute atomic E-state index is 0.0747. The first-order valence-electron chi connectivity index (χ1n) is 7.91. The Balaban J connectivity index is 2.17. The van der Waals surface area contributed by atoms with Crippen LogP contribution in [0.5, 0.6) is 0 Å². The van der Waals surface area contributed by atoms with E-state index in [4.69, 9.17) is 10.5 Å². The van der Waals surface area contributed by atoms with E-state index in [1.165, 1.54) is 57.8 Å². The lowest BCUT2D eigenvalue weighted by atomic mass is 10.00. The van der Waals surface area contributed by atoms with Gasteiger partial charge in [-0.2, -0.15) is 0 Å². The smallest absolute Gasteiger partial charge is 0.123 e. The van der Waals surface area contributed by atoms with Gasteiger partial charge < -0.3 is 15.8 Å². The van der Waals surface area contributed by atoms with Crippen LogP contribution < -0.4 is 11.1 Å². The molecule has 1 aliphatic heterocycles. The van der Waals surface area contributed by atoms with E-state index in [9.17, 15) is 0 Å². The van der Waals surface area contributed by atoms with Gasteiger partial charge in [-0.15, -0.1) is 0 Å². The fraction of sp³-hybridized carbons (Fsp3) is 1.00. The van der Waals surface area contributed by atoms with Crippen LogP contribution in [0.2, 0.25) is 0 Å². The zero-order valence-corrected chi connectivity index (χ0v) is 12.3. The van der Waals surface area contributed by atoms with Crippen molar-refractivity contribution in [1.29, 1.82) is 0 Å². The van der Waals surface area contributed by atoms with Gasteiger partial charge in [0.25, 0.3) is 0 Å². The van der Waals surface area contributed by atoms with E-state index in [1.54, 1.807) is 0 Å². The van der Waals surface area contributed by atoms with E-state index < -0.39 is 0 Å². The highest BCUT2D eigenvalue weighted by atomic mass is 16.5. The number of nitrogens with two attached hydrogens (primary N) is 1. The van der Waals surface area contributed by atoms with Gasteiger partial charge in [-0.1, -0.05) is 58.8 Å². The first-order chi connectivity index (χ1) is 8.77. The highest BCUT2D eigenvalue weighted by Gasteiger charge is 2.29. The molecular weight excluding hydrogens is 224 g/mol. The Hall–Kier alpha value is -0.120. The maximum Gasteiger partial charge on any atom is 0.123 e.